The number of rotatable bonds is 6. The minimum absolute atomic E-state index is 0.0369. The molecule has 3 heteroatoms. The largest absolute Gasteiger partial charge is 0.456 e. The second-order valence-electron chi connectivity index (χ2n) is 14.7. The van der Waals surface area contributed by atoms with Crippen LogP contribution in [0.4, 0.5) is 0 Å². The van der Waals surface area contributed by atoms with Gasteiger partial charge in [0.1, 0.15) is 11.2 Å². The standard InChI is InChI=1S/C55H36N2O/c1-4-16-37(17-5-1)55(38-18-6-2-7-19-38,39-20-8-3-9-21-39)40-28-31-45-47-35-41(56-49-25-13-10-22-43(49)44-23-11-14-26-50(44)56)29-32-51(47)57(52(45)34-40)42-30-33-54-48(36-42)46-24-12-15-27-53(46)58-54/h1-36H/i10D,11D,13D,14D,22D,23D,25D,26D. The van der Waals surface area contributed by atoms with Gasteiger partial charge in [0.25, 0.3) is 0 Å². The molecule has 3 nitrogen and oxygen atoms in total. The molecule has 0 bridgehead atoms. The van der Waals surface area contributed by atoms with Gasteiger partial charge in [0, 0.05) is 43.7 Å². The van der Waals surface area contributed by atoms with Crippen LogP contribution in [0.1, 0.15) is 33.2 Å². The van der Waals surface area contributed by atoms with Crippen molar-refractivity contribution < 1.29 is 15.4 Å². The van der Waals surface area contributed by atoms with Gasteiger partial charge in [-0.05, 0) is 82.9 Å². The molecule has 0 atom stereocenters. The van der Waals surface area contributed by atoms with E-state index in [9.17, 15) is 2.74 Å². The van der Waals surface area contributed by atoms with Crippen LogP contribution >= 0.6 is 0 Å². The molecule has 272 valence electrons. The Labute approximate surface area is 346 Å². The summed E-state index contributed by atoms with van der Waals surface area (Å²) in [5.41, 5.74) is 8.41. The van der Waals surface area contributed by atoms with Crippen LogP contribution in [0.5, 0.6) is 0 Å². The molecular weight excluding hydrogens is 705 g/mol. The van der Waals surface area contributed by atoms with Crippen molar-refractivity contribution in [3.8, 4) is 11.4 Å². The minimum atomic E-state index is -0.746. The van der Waals surface area contributed by atoms with Crippen LogP contribution in [0.25, 0.3) is 76.9 Å². The number of hydrogen-bond donors (Lipinski definition) is 0. The number of benzene rings is 9. The van der Waals surface area contributed by atoms with Crippen LogP contribution < -0.4 is 0 Å². The summed E-state index contributed by atoms with van der Waals surface area (Å²) >= 11 is 0. The van der Waals surface area contributed by atoms with E-state index in [-0.39, 0.29) is 46.0 Å². The quantitative estimate of drug-likeness (QED) is 0.155. The van der Waals surface area contributed by atoms with Gasteiger partial charge in [-0.3, -0.25) is 0 Å². The van der Waals surface area contributed by atoms with Gasteiger partial charge in [0.15, 0.2) is 0 Å². The molecule has 12 aromatic rings. The predicted octanol–water partition coefficient (Wildman–Crippen LogP) is 14.2. The van der Waals surface area contributed by atoms with Crippen molar-refractivity contribution in [2.24, 2.45) is 0 Å². The zero-order valence-corrected chi connectivity index (χ0v) is 31.0. The third-order valence-electron chi connectivity index (χ3n) is 11.7. The number of furan rings is 1. The third-order valence-corrected chi connectivity index (χ3v) is 11.7. The zero-order chi connectivity index (χ0) is 45.2. The Kier molecular flexibility index (Phi) is 5.59. The molecule has 0 N–H and O–H groups in total. The van der Waals surface area contributed by atoms with E-state index >= 15 is 0 Å². The lowest BCUT2D eigenvalue weighted by molar-refractivity contribution is 0.669. The molecule has 3 aromatic heterocycles. The molecule has 0 spiro atoms. The van der Waals surface area contributed by atoms with Crippen LogP contribution in [-0.2, 0) is 5.41 Å². The van der Waals surface area contributed by atoms with Gasteiger partial charge in [0.2, 0.25) is 0 Å². The molecule has 0 amide bonds. The Morgan fingerprint density at radius 2 is 0.862 bits per heavy atom. The Balaban J connectivity index is 1.22. The topological polar surface area (TPSA) is 23.0 Å². The van der Waals surface area contributed by atoms with Crippen molar-refractivity contribution in [3.05, 3.63) is 240 Å². The summed E-state index contributed by atoms with van der Waals surface area (Å²) in [6.07, 6.45) is 0. The maximum atomic E-state index is 9.17. The summed E-state index contributed by atoms with van der Waals surface area (Å²) in [5.74, 6) is 0. The van der Waals surface area contributed by atoms with Gasteiger partial charge in [-0.2, -0.15) is 0 Å². The average molecular weight is 749 g/mol. The first-order chi connectivity index (χ1) is 32.1. The van der Waals surface area contributed by atoms with E-state index in [1.165, 1.54) is 0 Å². The summed E-state index contributed by atoms with van der Waals surface area (Å²) < 4.78 is 81.0. The summed E-state index contributed by atoms with van der Waals surface area (Å²) in [4.78, 5) is 0. The lowest BCUT2D eigenvalue weighted by atomic mass is 9.65. The van der Waals surface area contributed by atoms with Gasteiger partial charge in [-0.25, -0.2) is 0 Å². The first kappa shape index (κ1) is 25.5. The summed E-state index contributed by atoms with van der Waals surface area (Å²) in [6.45, 7) is 0. The molecule has 3 heterocycles. The van der Waals surface area contributed by atoms with Crippen molar-refractivity contribution in [1.82, 2.24) is 9.13 Å². The van der Waals surface area contributed by atoms with Gasteiger partial charge in [-0.1, -0.05) is 158 Å². The van der Waals surface area contributed by atoms with Crippen molar-refractivity contribution in [3.63, 3.8) is 0 Å². The molecule has 9 aromatic carbocycles. The van der Waals surface area contributed by atoms with Crippen LogP contribution in [0.15, 0.2) is 223 Å². The molecule has 0 aliphatic heterocycles. The predicted molar refractivity (Wildman–Crippen MR) is 241 cm³/mol. The van der Waals surface area contributed by atoms with Crippen molar-refractivity contribution in [2.45, 2.75) is 5.41 Å². The fourth-order valence-electron chi connectivity index (χ4n) is 9.26. The Bertz CT molecular complexity index is 3800. The minimum Gasteiger partial charge on any atom is -0.456 e. The highest BCUT2D eigenvalue weighted by molar-refractivity contribution is 6.13. The highest BCUT2D eigenvalue weighted by atomic mass is 16.3. The first-order valence-electron chi connectivity index (χ1n) is 23.3. The molecule has 0 saturated heterocycles. The molecule has 58 heavy (non-hydrogen) atoms. The van der Waals surface area contributed by atoms with E-state index in [2.05, 4.69) is 114 Å². The molecule has 0 aliphatic rings. The SMILES string of the molecule is [2H]c1c([2H])c([2H])c2c(c1[2H])c1c([2H])c([2H])c([2H])c([2H])c1n2-c1ccc2c(c1)c1ccc(C(c3ccccc3)(c3ccccc3)c3ccccc3)cc1n2-c1ccc2oc3ccccc3c2c1. The number of hydrogen-bond acceptors (Lipinski definition) is 1. The number of para-hydroxylation sites is 3. The molecule has 12 rings (SSSR count). The average Bonchev–Trinajstić information content (AvgIpc) is 4.03. The van der Waals surface area contributed by atoms with Gasteiger partial charge >= 0.3 is 0 Å². The van der Waals surface area contributed by atoms with E-state index < -0.39 is 29.6 Å². The smallest absolute Gasteiger partial charge is 0.135 e. The summed E-state index contributed by atoms with van der Waals surface area (Å²) in [5, 5.41) is 3.76. The summed E-state index contributed by atoms with van der Waals surface area (Å²) in [7, 11) is 0. The first-order valence-corrected chi connectivity index (χ1v) is 19.3. The lowest BCUT2D eigenvalue weighted by Gasteiger charge is -2.37. The Morgan fingerprint density at radius 1 is 0.345 bits per heavy atom. The van der Waals surface area contributed by atoms with E-state index in [0.717, 1.165) is 71.7 Å². The number of nitrogens with zero attached hydrogens (tertiary/aromatic N) is 2. The molecule has 0 aliphatic carbocycles. The van der Waals surface area contributed by atoms with E-state index in [0.29, 0.717) is 5.69 Å². The van der Waals surface area contributed by atoms with Crippen LogP contribution in [0.3, 0.4) is 0 Å². The van der Waals surface area contributed by atoms with E-state index in [1.54, 1.807) is 4.57 Å². The molecule has 0 fully saturated rings. The van der Waals surface area contributed by atoms with Crippen molar-refractivity contribution in [2.75, 3.05) is 0 Å². The Morgan fingerprint density at radius 3 is 1.50 bits per heavy atom. The van der Waals surface area contributed by atoms with Gasteiger partial charge < -0.3 is 13.6 Å². The van der Waals surface area contributed by atoms with Gasteiger partial charge in [0.05, 0.1) is 38.4 Å². The van der Waals surface area contributed by atoms with Crippen LogP contribution in [0.2, 0.25) is 0 Å². The second-order valence-corrected chi connectivity index (χ2v) is 14.7. The molecule has 0 radical (unpaired) electrons. The maximum Gasteiger partial charge on any atom is 0.135 e. The normalized spacial score (nSPS) is 14.1. The zero-order valence-electron chi connectivity index (χ0n) is 39.0. The summed E-state index contributed by atoms with van der Waals surface area (Å²) in [6, 6.07) is 54.9. The third kappa shape index (κ3) is 4.68. The number of aromatic nitrogens is 2. The molecule has 0 saturated carbocycles. The van der Waals surface area contributed by atoms with Crippen molar-refractivity contribution in [1.29, 1.82) is 0 Å². The van der Waals surface area contributed by atoms with Crippen molar-refractivity contribution >= 4 is 65.6 Å². The van der Waals surface area contributed by atoms with Gasteiger partial charge in [-0.15, -0.1) is 0 Å². The molecule has 0 unspecified atom stereocenters. The fourth-order valence-corrected chi connectivity index (χ4v) is 9.26. The lowest BCUT2D eigenvalue weighted by Crippen LogP contribution is -2.31. The maximum absolute atomic E-state index is 9.17. The van der Waals surface area contributed by atoms with E-state index in [4.69, 9.17) is 12.6 Å². The van der Waals surface area contributed by atoms with Crippen LogP contribution in [-0.4, -0.2) is 9.13 Å². The van der Waals surface area contributed by atoms with Crippen LogP contribution in [0, 0.1) is 0 Å². The number of fused-ring (bicyclic) bond motifs is 9. The molecular formula is C55H36N2O. The highest BCUT2D eigenvalue weighted by Gasteiger charge is 2.38. The fraction of sp³-hybridized carbons (Fsp3) is 0.0182. The van der Waals surface area contributed by atoms with E-state index in [1.807, 2.05) is 60.7 Å². The monoisotopic (exact) mass is 748 g/mol. The second kappa shape index (κ2) is 12.7. The highest BCUT2D eigenvalue weighted by Crippen LogP contribution is 2.47. The Hall–Kier alpha value is -7.62.